The van der Waals surface area contributed by atoms with Crippen molar-refractivity contribution in [1.82, 2.24) is 9.80 Å². The highest BCUT2D eigenvalue weighted by atomic mass is 16.4. The maximum absolute atomic E-state index is 10.7. The molecule has 1 heterocycles. The van der Waals surface area contributed by atoms with Crippen LogP contribution in [0.2, 0.25) is 0 Å². The summed E-state index contributed by atoms with van der Waals surface area (Å²) < 4.78 is 0. The quantitative estimate of drug-likeness (QED) is 0.743. The molecule has 1 fully saturated rings. The van der Waals surface area contributed by atoms with Crippen molar-refractivity contribution < 1.29 is 9.90 Å². The maximum atomic E-state index is 10.7. The Labute approximate surface area is 98.2 Å². The predicted molar refractivity (Wildman–Crippen MR) is 64.6 cm³/mol. The molecule has 1 saturated heterocycles. The molecule has 0 bridgehead atoms. The van der Waals surface area contributed by atoms with E-state index in [0.717, 1.165) is 26.2 Å². The van der Waals surface area contributed by atoms with E-state index in [2.05, 4.69) is 23.6 Å². The molecular formula is C12H24N2O2. The number of likely N-dealkylation sites (N-methyl/N-ethyl adjacent to an activating group) is 1. The van der Waals surface area contributed by atoms with Crippen LogP contribution in [-0.4, -0.2) is 59.1 Å². The molecule has 94 valence electrons. The average molecular weight is 228 g/mol. The highest BCUT2D eigenvalue weighted by molar-refractivity contribution is 5.67. The summed E-state index contributed by atoms with van der Waals surface area (Å²) >= 11 is 0. The summed E-state index contributed by atoms with van der Waals surface area (Å²) in [4.78, 5) is 15.4. The molecule has 0 aromatic rings. The lowest BCUT2D eigenvalue weighted by Gasteiger charge is -2.28. The van der Waals surface area contributed by atoms with Crippen LogP contribution in [0.3, 0.4) is 0 Å². The fourth-order valence-corrected chi connectivity index (χ4v) is 2.59. The summed E-state index contributed by atoms with van der Waals surface area (Å²) in [6.45, 7) is 10.6. The Bertz CT molecular complexity index is 229. The minimum Gasteiger partial charge on any atom is -0.481 e. The molecule has 4 nitrogen and oxygen atoms in total. The summed E-state index contributed by atoms with van der Waals surface area (Å²) in [5, 5.41) is 8.77. The molecule has 16 heavy (non-hydrogen) atoms. The minimum absolute atomic E-state index is 0.165. The zero-order chi connectivity index (χ0) is 12.1. The largest absolute Gasteiger partial charge is 0.481 e. The molecule has 2 atom stereocenters. The Kier molecular flexibility index (Phi) is 5.22. The minimum atomic E-state index is -0.696. The lowest BCUT2D eigenvalue weighted by Crippen LogP contribution is -2.39. The predicted octanol–water partition coefficient (Wildman–Crippen LogP) is 1.27. The van der Waals surface area contributed by atoms with E-state index in [4.69, 9.17) is 5.11 Å². The smallest absolute Gasteiger partial charge is 0.304 e. The molecule has 1 aliphatic rings. The summed E-state index contributed by atoms with van der Waals surface area (Å²) in [6, 6.07) is 0.782. The number of hydrogen-bond donors (Lipinski definition) is 1. The lowest BCUT2D eigenvalue weighted by molar-refractivity contribution is -0.138. The van der Waals surface area contributed by atoms with Crippen LogP contribution in [0.5, 0.6) is 0 Å². The van der Waals surface area contributed by atoms with E-state index < -0.39 is 5.97 Å². The van der Waals surface area contributed by atoms with E-state index in [0.29, 0.717) is 6.04 Å². The molecule has 0 amide bonds. The van der Waals surface area contributed by atoms with Gasteiger partial charge in [-0.2, -0.15) is 0 Å². The van der Waals surface area contributed by atoms with Crippen LogP contribution in [0.25, 0.3) is 0 Å². The van der Waals surface area contributed by atoms with Crippen LogP contribution in [0.15, 0.2) is 0 Å². The fourth-order valence-electron chi connectivity index (χ4n) is 2.59. The topological polar surface area (TPSA) is 43.8 Å². The summed E-state index contributed by atoms with van der Waals surface area (Å²) in [5.41, 5.74) is 0. The van der Waals surface area contributed by atoms with E-state index in [1.807, 2.05) is 6.92 Å². The van der Waals surface area contributed by atoms with Crippen LogP contribution in [0.4, 0.5) is 0 Å². The first-order valence-corrected chi connectivity index (χ1v) is 6.28. The zero-order valence-electron chi connectivity index (χ0n) is 10.6. The SMILES string of the molecule is CCN(CC)C1CCN(C(C)CC(=O)O)C1. The monoisotopic (exact) mass is 228 g/mol. The Morgan fingerprint density at radius 3 is 2.62 bits per heavy atom. The Hall–Kier alpha value is -0.610. The molecule has 0 aliphatic carbocycles. The average Bonchev–Trinajstić information content (AvgIpc) is 2.68. The molecule has 2 unspecified atom stereocenters. The van der Waals surface area contributed by atoms with Crippen LogP contribution >= 0.6 is 0 Å². The summed E-state index contributed by atoms with van der Waals surface area (Å²) in [6.07, 6.45) is 1.43. The van der Waals surface area contributed by atoms with Crippen LogP contribution in [0, 0.1) is 0 Å². The van der Waals surface area contributed by atoms with E-state index in [9.17, 15) is 4.79 Å². The van der Waals surface area contributed by atoms with Crippen molar-refractivity contribution in [2.24, 2.45) is 0 Å². The molecule has 0 radical (unpaired) electrons. The molecule has 1 rings (SSSR count). The fraction of sp³-hybridized carbons (Fsp3) is 0.917. The summed E-state index contributed by atoms with van der Waals surface area (Å²) in [5.74, 6) is -0.696. The number of carboxylic acid groups (broad SMARTS) is 1. The van der Waals surface area contributed by atoms with E-state index in [-0.39, 0.29) is 12.5 Å². The number of nitrogens with zero attached hydrogens (tertiary/aromatic N) is 2. The van der Waals surface area contributed by atoms with Crippen molar-refractivity contribution in [2.45, 2.75) is 45.7 Å². The van der Waals surface area contributed by atoms with Crippen molar-refractivity contribution in [3.8, 4) is 0 Å². The first-order valence-electron chi connectivity index (χ1n) is 6.28. The van der Waals surface area contributed by atoms with E-state index in [1.54, 1.807) is 0 Å². The van der Waals surface area contributed by atoms with Crippen molar-refractivity contribution in [2.75, 3.05) is 26.2 Å². The number of aliphatic carboxylic acids is 1. The van der Waals surface area contributed by atoms with Crippen molar-refractivity contribution in [3.05, 3.63) is 0 Å². The molecule has 1 N–H and O–H groups in total. The van der Waals surface area contributed by atoms with Crippen LogP contribution in [0.1, 0.15) is 33.6 Å². The second-order valence-electron chi connectivity index (χ2n) is 4.61. The van der Waals surface area contributed by atoms with Gasteiger partial charge in [0, 0.05) is 25.2 Å². The van der Waals surface area contributed by atoms with Gasteiger partial charge in [-0.05, 0) is 26.4 Å². The lowest BCUT2D eigenvalue weighted by atomic mass is 10.2. The normalized spacial score (nSPS) is 23.9. The highest BCUT2D eigenvalue weighted by Crippen LogP contribution is 2.18. The Morgan fingerprint density at radius 1 is 1.50 bits per heavy atom. The van der Waals surface area contributed by atoms with E-state index >= 15 is 0 Å². The molecule has 4 heteroatoms. The third-order valence-electron chi connectivity index (χ3n) is 3.62. The Morgan fingerprint density at radius 2 is 2.12 bits per heavy atom. The van der Waals surface area contributed by atoms with Gasteiger partial charge in [-0.15, -0.1) is 0 Å². The van der Waals surface area contributed by atoms with Crippen LogP contribution < -0.4 is 0 Å². The van der Waals surface area contributed by atoms with Gasteiger partial charge in [0.1, 0.15) is 0 Å². The van der Waals surface area contributed by atoms with Gasteiger partial charge in [-0.3, -0.25) is 14.6 Å². The first-order chi connectivity index (χ1) is 7.58. The highest BCUT2D eigenvalue weighted by Gasteiger charge is 2.29. The second kappa shape index (κ2) is 6.21. The van der Waals surface area contributed by atoms with Gasteiger partial charge in [-0.25, -0.2) is 0 Å². The number of carboxylic acids is 1. The van der Waals surface area contributed by atoms with Crippen molar-refractivity contribution >= 4 is 5.97 Å². The molecule has 1 aliphatic heterocycles. The number of carbonyl (C=O) groups is 1. The third-order valence-corrected chi connectivity index (χ3v) is 3.62. The Balaban J connectivity index is 2.42. The van der Waals surface area contributed by atoms with Gasteiger partial charge >= 0.3 is 5.97 Å². The van der Waals surface area contributed by atoms with Gasteiger partial charge in [0.2, 0.25) is 0 Å². The number of likely N-dealkylation sites (tertiary alicyclic amines) is 1. The zero-order valence-corrected chi connectivity index (χ0v) is 10.6. The van der Waals surface area contributed by atoms with Gasteiger partial charge in [0.25, 0.3) is 0 Å². The maximum Gasteiger partial charge on any atom is 0.304 e. The molecule has 0 aromatic carbocycles. The van der Waals surface area contributed by atoms with Gasteiger partial charge < -0.3 is 5.11 Å². The van der Waals surface area contributed by atoms with Crippen molar-refractivity contribution in [3.63, 3.8) is 0 Å². The first kappa shape index (κ1) is 13.5. The second-order valence-corrected chi connectivity index (χ2v) is 4.61. The van der Waals surface area contributed by atoms with Gasteiger partial charge in [0.05, 0.1) is 6.42 Å². The molecule has 0 aromatic heterocycles. The third kappa shape index (κ3) is 3.46. The number of rotatable bonds is 6. The molecule has 0 spiro atoms. The standard InChI is InChI=1S/C12H24N2O2/c1-4-13(5-2)11-6-7-14(9-11)10(3)8-12(15)16/h10-11H,4-9H2,1-3H3,(H,15,16). The van der Waals surface area contributed by atoms with Gasteiger partial charge in [-0.1, -0.05) is 13.8 Å². The number of hydrogen-bond acceptors (Lipinski definition) is 3. The van der Waals surface area contributed by atoms with Crippen LogP contribution in [-0.2, 0) is 4.79 Å². The van der Waals surface area contributed by atoms with Gasteiger partial charge in [0.15, 0.2) is 0 Å². The van der Waals surface area contributed by atoms with Crippen molar-refractivity contribution in [1.29, 1.82) is 0 Å². The van der Waals surface area contributed by atoms with E-state index in [1.165, 1.54) is 6.42 Å². The molecular weight excluding hydrogens is 204 g/mol. The summed E-state index contributed by atoms with van der Waals surface area (Å²) in [7, 11) is 0. The molecule has 0 saturated carbocycles.